The molecule has 124 valence electrons. The van der Waals surface area contributed by atoms with Gasteiger partial charge in [0.05, 0.1) is 12.7 Å². The molecule has 2 aliphatic rings. The summed E-state index contributed by atoms with van der Waals surface area (Å²) in [6, 6.07) is 2.67. The number of allylic oxidation sites excluding steroid dienone is 2. The van der Waals surface area contributed by atoms with Gasteiger partial charge in [-0.25, -0.2) is 4.39 Å². The minimum absolute atomic E-state index is 0.176. The van der Waals surface area contributed by atoms with Gasteiger partial charge in [0.2, 0.25) is 5.82 Å². The van der Waals surface area contributed by atoms with Gasteiger partial charge in [-0.05, 0) is 61.6 Å². The maximum Gasteiger partial charge on any atom is 0.200 e. The van der Waals surface area contributed by atoms with Crippen molar-refractivity contribution in [3.8, 4) is 5.75 Å². The zero-order valence-corrected chi connectivity index (χ0v) is 13.1. The molecule has 0 radical (unpaired) electrons. The molecular weight excluding hydrogens is 298 g/mol. The van der Waals surface area contributed by atoms with Crippen molar-refractivity contribution in [2.75, 3.05) is 6.61 Å². The predicted molar refractivity (Wildman–Crippen MR) is 86.0 cm³/mol. The number of halogens is 2. The molecule has 0 bridgehead atoms. The van der Waals surface area contributed by atoms with Crippen LogP contribution in [0.4, 0.5) is 8.78 Å². The van der Waals surface area contributed by atoms with Crippen LogP contribution in [0, 0.1) is 23.5 Å². The van der Waals surface area contributed by atoms with Crippen LogP contribution in [0.1, 0.15) is 37.7 Å². The predicted octanol–water partition coefficient (Wildman–Crippen LogP) is 4.84. The Labute approximate surface area is 135 Å². The Bertz CT molecular complexity index is 616. The summed E-state index contributed by atoms with van der Waals surface area (Å²) in [5.41, 5.74) is 1.10. The number of phenolic OH excluding ortho intramolecular Hbond substituents is 1. The topological polar surface area (TPSA) is 29.5 Å². The molecule has 23 heavy (non-hydrogen) atoms. The molecule has 0 spiro atoms. The lowest BCUT2D eigenvalue weighted by Gasteiger charge is -2.34. The molecule has 1 saturated heterocycles. The molecule has 0 amide bonds. The van der Waals surface area contributed by atoms with Crippen LogP contribution in [0.15, 0.2) is 30.9 Å². The molecule has 1 aromatic rings. The van der Waals surface area contributed by atoms with Gasteiger partial charge in [0.1, 0.15) is 0 Å². The summed E-state index contributed by atoms with van der Waals surface area (Å²) in [6.07, 6.45) is 8.75. The minimum atomic E-state index is -1.17. The van der Waals surface area contributed by atoms with Crippen molar-refractivity contribution >= 4 is 5.57 Å². The fraction of sp³-hybridized carbons (Fsp3) is 0.474. The molecule has 4 heteroatoms. The van der Waals surface area contributed by atoms with E-state index >= 15 is 0 Å². The normalized spacial score (nSPS) is 28.3. The molecule has 0 saturated carbocycles. The van der Waals surface area contributed by atoms with Crippen LogP contribution in [0.3, 0.4) is 0 Å². The molecule has 1 heterocycles. The number of phenols is 1. The van der Waals surface area contributed by atoms with Gasteiger partial charge in [0, 0.05) is 5.56 Å². The van der Waals surface area contributed by atoms with E-state index in [2.05, 4.69) is 6.58 Å². The van der Waals surface area contributed by atoms with Crippen molar-refractivity contribution in [2.45, 2.75) is 38.2 Å². The molecule has 1 aromatic carbocycles. The third-order valence-corrected chi connectivity index (χ3v) is 5.14. The number of rotatable bonds is 3. The first-order valence-electron chi connectivity index (χ1n) is 8.20. The number of hydrogen-bond acceptors (Lipinski definition) is 2. The average molecular weight is 320 g/mol. The Morgan fingerprint density at radius 1 is 1.13 bits per heavy atom. The van der Waals surface area contributed by atoms with Crippen LogP contribution < -0.4 is 0 Å². The van der Waals surface area contributed by atoms with Crippen molar-refractivity contribution < 1.29 is 18.6 Å². The molecule has 3 unspecified atom stereocenters. The van der Waals surface area contributed by atoms with Crippen molar-refractivity contribution in [3.05, 3.63) is 48.1 Å². The second kappa shape index (κ2) is 6.83. The van der Waals surface area contributed by atoms with Gasteiger partial charge in [-0.1, -0.05) is 12.2 Å². The van der Waals surface area contributed by atoms with Crippen LogP contribution in [0.2, 0.25) is 0 Å². The molecule has 1 N–H and O–H groups in total. The van der Waals surface area contributed by atoms with Crippen LogP contribution in [-0.2, 0) is 4.74 Å². The largest absolute Gasteiger partial charge is 0.505 e. The van der Waals surface area contributed by atoms with Gasteiger partial charge in [0.15, 0.2) is 11.6 Å². The Kier molecular flexibility index (Phi) is 4.81. The van der Waals surface area contributed by atoms with Gasteiger partial charge in [-0.15, -0.1) is 6.58 Å². The molecule has 0 aromatic heterocycles. The maximum absolute atomic E-state index is 14.0. The molecule has 1 aliphatic heterocycles. The van der Waals surface area contributed by atoms with Gasteiger partial charge in [0.25, 0.3) is 0 Å². The van der Waals surface area contributed by atoms with E-state index in [9.17, 15) is 13.9 Å². The Morgan fingerprint density at radius 3 is 2.57 bits per heavy atom. The summed E-state index contributed by atoms with van der Waals surface area (Å²) in [5.74, 6) is -1.69. The number of aromatic hydroxyl groups is 1. The highest BCUT2D eigenvalue weighted by atomic mass is 19.2. The van der Waals surface area contributed by atoms with E-state index in [4.69, 9.17) is 4.74 Å². The minimum Gasteiger partial charge on any atom is -0.505 e. The van der Waals surface area contributed by atoms with Gasteiger partial charge < -0.3 is 9.84 Å². The SMILES string of the molecule is C=CC1CCC(C2CC=C(c3ccc(O)c(F)c3F)CC2)CO1. The third-order valence-electron chi connectivity index (χ3n) is 5.14. The first-order chi connectivity index (χ1) is 11.1. The zero-order chi connectivity index (χ0) is 16.4. The summed E-state index contributed by atoms with van der Waals surface area (Å²) in [7, 11) is 0. The first kappa shape index (κ1) is 16.2. The van der Waals surface area contributed by atoms with E-state index < -0.39 is 17.4 Å². The Balaban J connectivity index is 1.67. The van der Waals surface area contributed by atoms with E-state index in [0.29, 0.717) is 11.8 Å². The fourth-order valence-electron chi connectivity index (χ4n) is 3.66. The molecule has 2 nitrogen and oxygen atoms in total. The maximum atomic E-state index is 14.0. The highest BCUT2D eigenvalue weighted by Gasteiger charge is 2.29. The summed E-state index contributed by atoms with van der Waals surface area (Å²) < 4.78 is 33.3. The lowest BCUT2D eigenvalue weighted by Crippen LogP contribution is -2.30. The Hall–Kier alpha value is -1.68. The molecular formula is C19H22F2O2. The lowest BCUT2D eigenvalue weighted by molar-refractivity contribution is -0.00918. The number of hydrogen-bond donors (Lipinski definition) is 1. The van der Waals surface area contributed by atoms with Crippen LogP contribution in [-0.4, -0.2) is 17.8 Å². The van der Waals surface area contributed by atoms with Crippen LogP contribution >= 0.6 is 0 Å². The first-order valence-corrected chi connectivity index (χ1v) is 8.20. The number of benzene rings is 1. The van der Waals surface area contributed by atoms with Crippen LogP contribution in [0.5, 0.6) is 5.75 Å². The summed E-state index contributed by atoms with van der Waals surface area (Å²) in [5, 5.41) is 9.22. The monoisotopic (exact) mass is 320 g/mol. The smallest absolute Gasteiger partial charge is 0.200 e. The quantitative estimate of drug-likeness (QED) is 0.808. The van der Waals surface area contributed by atoms with Crippen molar-refractivity contribution in [3.63, 3.8) is 0 Å². The summed E-state index contributed by atoms with van der Waals surface area (Å²) >= 11 is 0. The lowest BCUT2D eigenvalue weighted by atomic mass is 9.76. The Morgan fingerprint density at radius 2 is 1.96 bits per heavy atom. The average Bonchev–Trinajstić information content (AvgIpc) is 2.60. The number of ether oxygens (including phenoxy) is 1. The second-order valence-corrected chi connectivity index (χ2v) is 6.47. The summed E-state index contributed by atoms with van der Waals surface area (Å²) in [6.45, 7) is 4.53. The van der Waals surface area contributed by atoms with Crippen molar-refractivity contribution in [2.24, 2.45) is 11.8 Å². The molecule has 3 rings (SSSR count). The standard InChI is InChI=1S/C19H22F2O2/c1-2-15-8-7-14(11-23-15)12-3-5-13(6-4-12)16-9-10-17(22)19(21)18(16)20/h2,5,9-10,12,14-15,22H,1,3-4,6-8,11H2. The zero-order valence-electron chi connectivity index (χ0n) is 13.1. The van der Waals surface area contributed by atoms with Crippen LogP contribution in [0.25, 0.3) is 5.57 Å². The van der Waals surface area contributed by atoms with E-state index in [1.807, 2.05) is 12.2 Å². The van der Waals surface area contributed by atoms with E-state index in [1.54, 1.807) is 0 Å². The van der Waals surface area contributed by atoms with Crippen molar-refractivity contribution in [1.82, 2.24) is 0 Å². The van der Waals surface area contributed by atoms with E-state index in [-0.39, 0.29) is 11.7 Å². The highest BCUT2D eigenvalue weighted by molar-refractivity contribution is 5.67. The fourth-order valence-corrected chi connectivity index (χ4v) is 3.66. The molecule has 1 aliphatic carbocycles. The molecule has 3 atom stereocenters. The van der Waals surface area contributed by atoms with Gasteiger partial charge >= 0.3 is 0 Å². The molecule has 1 fully saturated rings. The highest BCUT2D eigenvalue weighted by Crippen LogP contribution is 2.39. The van der Waals surface area contributed by atoms with Crippen molar-refractivity contribution in [1.29, 1.82) is 0 Å². The second-order valence-electron chi connectivity index (χ2n) is 6.47. The van der Waals surface area contributed by atoms with Gasteiger partial charge in [-0.2, -0.15) is 4.39 Å². The van der Waals surface area contributed by atoms with E-state index in [0.717, 1.165) is 44.3 Å². The summed E-state index contributed by atoms with van der Waals surface area (Å²) in [4.78, 5) is 0. The van der Waals surface area contributed by atoms with E-state index in [1.165, 1.54) is 12.1 Å². The van der Waals surface area contributed by atoms with Gasteiger partial charge in [-0.3, -0.25) is 0 Å². The third kappa shape index (κ3) is 3.32.